The van der Waals surface area contributed by atoms with Crippen LogP contribution >= 0.6 is 23.8 Å². The lowest BCUT2D eigenvalue weighted by molar-refractivity contribution is 0.609. The van der Waals surface area contributed by atoms with E-state index < -0.39 is 0 Å². The van der Waals surface area contributed by atoms with Crippen molar-refractivity contribution in [1.29, 1.82) is 0 Å². The monoisotopic (exact) mass is 260 g/mol. The van der Waals surface area contributed by atoms with Crippen LogP contribution in [0.5, 0.6) is 0 Å². The Morgan fingerprint density at radius 3 is 2.88 bits per heavy atom. The Hall–Kier alpha value is -0.810. The molecule has 4 nitrogen and oxygen atoms in total. The molecule has 1 aromatic rings. The molecular formula is C10H17ClN4S. The fourth-order valence-electron chi connectivity index (χ4n) is 1.31. The van der Waals surface area contributed by atoms with Gasteiger partial charge in [-0.1, -0.05) is 11.6 Å². The Bertz CT molecular complexity index is 362. The number of nitrogens with zero attached hydrogens (tertiary/aromatic N) is 2. The molecule has 2 N–H and O–H groups in total. The molecular weight excluding hydrogens is 244 g/mol. The van der Waals surface area contributed by atoms with Crippen LogP contribution in [-0.4, -0.2) is 20.9 Å². The van der Waals surface area contributed by atoms with E-state index in [0.717, 1.165) is 12.2 Å². The normalized spacial score (nSPS) is 10.6. The summed E-state index contributed by atoms with van der Waals surface area (Å²) in [6.45, 7) is 7.49. The van der Waals surface area contributed by atoms with Gasteiger partial charge in [0.15, 0.2) is 5.11 Å². The van der Waals surface area contributed by atoms with Crippen LogP contribution in [0.3, 0.4) is 0 Å². The number of aromatic nitrogens is 2. The Kier molecular flexibility index (Phi) is 5.02. The van der Waals surface area contributed by atoms with Gasteiger partial charge in [0.05, 0.1) is 23.5 Å². The summed E-state index contributed by atoms with van der Waals surface area (Å²) in [6, 6.07) is 0.326. The molecule has 0 amide bonds. The van der Waals surface area contributed by atoms with E-state index in [1.54, 1.807) is 6.20 Å². The summed E-state index contributed by atoms with van der Waals surface area (Å²) in [4.78, 5) is 0. The zero-order chi connectivity index (χ0) is 12.1. The maximum Gasteiger partial charge on any atom is 0.166 e. The number of hydrogen-bond acceptors (Lipinski definition) is 2. The van der Waals surface area contributed by atoms with Crippen LogP contribution in [0.2, 0.25) is 5.02 Å². The predicted octanol–water partition coefficient (Wildman–Crippen LogP) is 1.93. The van der Waals surface area contributed by atoms with Crippen LogP contribution in [0.1, 0.15) is 26.5 Å². The smallest absolute Gasteiger partial charge is 0.166 e. The molecule has 0 bridgehead atoms. The van der Waals surface area contributed by atoms with Crippen LogP contribution < -0.4 is 10.6 Å². The zero-order valence-electron chi connectivity index (χ0n) is 9.75. The van der Waals surface area contributed by atoms with Crippen LogP contribution in [0, 0.1) is 0 Å². The lowest BCUT2D eigenvalue weighted by Crippen LogP contribution is -2.39. The number of halogens is 1. The first-order valence-corrected chi connectivity index (χ1v) is 6.07. The molecule has 1 rings (SSSR count). The molecule has 1 heterocycles. The van der Waals surface area contributed by atoms with Gasteiger partial charge >= 0.3 is 0 Å². The number of aryl methyl sites for hydroxylation is 1. The quantitative estimate of drug-likeness (QED) is 0.812. The maximum atomic E-state index is 6.03. The van der Waals surface area contributed by atoms with Crippen molar-refractivity contribution in [2.24, 2.45) is 0 Å². The standard InChI is InChI=1S/C10H17ClN4S/c1-4-15-9(8(11)5-13-15)6-12-10(16)14-7(2)3/h5,7H,4,6H2,1-3H3,(H2,12,14,16). The SMILES string of the molecule is CCn1ncc(Cl)c1CNC(=S)NC(C)C. The molecule has 1 aromatic heterocycles. The molecule has 0 saturated heterocycles. The lowest BCUT2D eigenvalue weighted by atomic mass is 10.4. The predicted molar refractivity (Wildman–Crippen MR) is 70.6 cm³/mol. The average molecular weight is 261 g/mol. The topological polar surface area (TPSA) is 41.9 Å². The highest BCUT2D eigenvalue weighted by Crippen LogP contribution is 2.14. The van der Waals surface area contributed by atoms with Crippen LogP contribution in [0.25, 0.3) is 0 Å². The minimum atomic E-state index is 0.326. The third-order valence-electron chi connectivity index (χ3n) is 2.03. The Balaban J connectivity index is 2.54. The van der Waals surface area contributed by atoms with Gasteiger partial charge in [0.2, 0.25) is 0 Å². The van der Waals surface area contributed by atoms with E-state index in [2.05, 4.69) is 15.7 Å². The van der Waals surface area contributed by atoms with E-state index in [0.29, 0.717) is 22.7 Å². The minimum Gasteiger partial charge on any atom is -0.361 e. The molecule has 6 heteroatoms. The molecule has 0 aromatic carbocycles. The molecule has 0 aliphatic carbocycles. The van der Waals surface area contributed by atoms with Crippen LogP contribution in [0.15, 0.2) is 6.20 Å². The van der Waals surface area contributed by atoms with Crippen LogP contribution in [0.4, 0.5) is 0 Å². The van der Waals surface area contributed by atoms with E-state index in [1.165, 1.54) is 0 Å². The second kappa shape index (κ2) is 6.06. The Labute approximate surface area is 106 Å². The van der Waals surface area contributed by atoms with Crippen molar-refractivity contribution in [3.05, 3.63) is 16.9 Å². The van der Waals surface area contributed by atoms with E-state index in [1.807, 2.05) is 25.5 Å². The van der Waals surface area contributed by atoms with Crippen molar-refractivity contribution in [1.82, 2.24) is 20.4 Å². The highest BCUT2D eigenvalue weighted by atomic mass is 35.5. The molecule has 0 aliphatic rings. The molecule has 0 atom stereocenters. The second-order valence-corrected chi connectivity index (χ2v) is 4.55. The van der Waals surface area contributed by atoms with Crippen molar-refractivity contribution in [2.75, 3.05) is 0 Å². The largest absolute Gasteiger partial charge is 0.361 e. The number of nitrogens with one attached hydrogen (secondary N) is 2. The summed E-state index contributed by atoms with van der Waals surface area (Å²) in [7, 11) is 0. The van der Waals surface area contributed by atoms with Crippen molar-refractivity contribution in [3.8, 4) is 0 Å². The summed E-state index contributed by atoms with van der Waals surface area (Å²) in [5, 5.41) is 11.7. The van der Waals surface area contributed by atoms with Gasteiger partial charge < -0.3 is 10.6 Å². The molecule has 0 unspecified atom stereocenters. The van der Waals surface area contributed by atoms with Crippen molar-refractivity contribution in [2.45, 2.75) is 39.9 Å². The van der Waals surface area contributed by atoms with E-state index in [-0.39, 0.29) is 0 Å². The van der Waals surface area contributed by atoms with Crippen molar-refractivity contribution < 1.29 is 0 Å². The van der Waals surface area contributed by atoms with Gasteiger partial charge in [-0.25, -0.2) is 0 Å². The Morgan fingerprint density at radius 2 is 2.31 bits per heavy atom. The molecule has 90 valence electrons. The molecule has 0 radical (unpaired) electrons. The first kappa shape index (κ1) is 13.3. The van der Waals surface area contributed by atoms with Crippen LogP contribution in [-0.2, 0) is 13.1 Å². The second-order valence-electron chi connectivity index (χ2n) is 3.74. The van der Waals surface area contributed by atoms with Gasteiger partial charge in [0, 0.05) is 12.6 Å². The zero-order valence-corrected chi connectivity index (χ0v) is 11.3. The van der Waals surface area contributed by atoms with E-state index >= 15 is 0 Å². The van der Waals surface area contributed by atoms with E-state index in [9.17, 15) is 0 Å². The summed E-state index contributed by atoms with van der Waals surface area (Å²) < 4.78 is 1.85. The fourth-order valence-corrected chi connectivity index (χ4v) is 1.83. The molecule has 0 aliphatic heterocycles. The molecule has 0 saturated carbocycles. The van der Waals surface area contributed by atoms with Gasteiger partial charge in [0.1, 0.15) is 0 Å². The number of rotatable bonds is 4. The van der Waals surface area contributed by atoms with Gasteiger partial charge in [-0.2, -0.15) is 5.10 Å². The third kappa shape index (κ3) is 3.64. The number of hydrogen-bond donors (Lipinski definition) is 2. The Morgan fingerprint density at radius 1 is 1.62 bits per heavy atom. The number of thiocarbonyl (C=S) groups is 1. The average Bonchev–Trinajstić information content (AvgIpc) is 2.55. The maximum absolute atomic E-state index is 6.03. The molecule has 16 heavy (non-hydrogen) atoms. The molecule has 0 fully saturated rings. The summed E-state index contributed by atoms with van der Waals surface area (Å²) >= 11 is 11.2. The highest BCUT2D eigenvalue weighted by molar-refractivity contribution is 7.80. The van der Waals surface area contributed by atoms with Gasteiger partial charge in [-0.05, 0) is 33.0 Å². The molecule has 0 spiro atoms. The lowest BCUT2D eigenvalue weighted by Gasteiger charge is -2.13. The highest BCUT2D eigenvalue weighted by Gasteiger charge is 2.08. The van der Waals surface area contributed by atoms with Gasteiger partial charge in [-0.3, -0.25) is 4.68 Å². The fraction of sp³-hybridized carbons (Fsp3) is 0.600. The summed E-state index contributed by atoms with van der Waals surface area (Å²) in [6.07, 6.45) is 1.65. The first-order valence-electron chi connectivity index (χ1n) is 5.29. The third-order valence-corrected chi connectivity index (χ3v) is 2.61. The van der Waals surface area contributed by atoms with Crippen molar-refractivity contribution >= 4 is 28.9 Å². The minimum absolute atomic E-state index is 0.326. The summed E-state index contributed by atoms with van der Waals surface area (Å²) in [5.74, 6) is 0. The van der Waals surface area contributed by atoms with Crippen molar-refractivity contribution in [3.63, 3.8) is 0 Å². The first-order chi connectivity index (χ1) is 7.54. The summed E-state index contributed by atoms with van der Waals surface area (Å²) in [5.41, 5.74) is 0.956. The van der Waals surface area contributed by atoms with Gasteiger partial charge in [0.25, 0.3) is 0 Å². The van der Waals surface area contributed by atoms with E-state index in [4.69, 9.17) is 23.8 Å². The van der Waals surface area contributed by atoms with Gasteiger partial charge in [-0.15, -0.1) is 0 Å².